The maximum absolute atomic E-state index is 12.0. The zero-order valence-electron chi connectivity index (χ0n) is 10.3. The third kappa shape index (κ3) is 5.06. The van der Waals surface area contributed by atoms with E-state index in [1.165, 1.54) is 12.3 Å². The highest BCUT2D eigenvalue weighted by molar-refractivity contribution is 9.11. The number of benzene rings is 1. The number of aromatic nitrogens is 2. The summed E-state index contributed by atoms with van der Waals surface area (Å²) in [5.41, 5.74) is 0.714. The maximum atomic E-state index is 12.0. The van der Waals surface area contributed by atoms with Crippen LogP contribution in [0.5, 0.6) is 0 Å². The molecule has 0 saturated carbocycles. The fourth-order valence-electron chi connectivity index (χ4n) is 1.33. The zero-order valence-corrected chi connectivity index (χ0v) is 15.0. The molecule has 2 aromatic rings. The smallest absolute Gasteiger partial charge is 0.256 e. The number of hydrogen-bond donors (Lipinski definition) is 1. The highest BCUT2D eigenvalue weighted by Gasteiger charge is 2.11. The highest BCUT2D eigenvalue weighted by atomic mass is 79.9. The summed E-state index contributed by atoms with van der Waals surface area (Å²) in [6.07, 6.45) is 2.85. The normalized spacial score (nSPS) is 11.8. The van der Waals surface area contributed by atoms with E-state index in [0.717, 1.165) is 5.41 Å². The van der Waals surface area contributed by atoms with Gasteiger partial charge in [0.05, 0.1) is 11.6 Å². The molecule has 0 spiro atoms. The van der Waals surface area contributed by atoms with Gasteiger partial charge in [0.2, 0.25) is 0 Å². The van der Waals surface area contributed by atoms with Crippen molar-refractivity contribution in [3.05, 3.63) is 55.7 Å². The van der Waals surface area contributed by atoms with Crippen LogP contribution in [-0.4, -0.2) is 18.4 Å². The quantitative estimate of drug-likeness (QED) is 0.758. The van der Waals surface area contributed by atoms with Crippen molar-refractivity contribution in [2.24, 2.45) is 0 Å². The fraction of sp³-hybridized carbons (Fsp3) is 0. The van der Waals surface area contributed by atoms with E-state index < -0.39 is 10.0 Å². The van der Waals surface area contributed by atoms with Gasteiger partial charge in [0.1, 0.15) is 4.60 Å². The van der Waals surface area contributed by atoms with Crippen molar-refractivity contribution in [2.45, 2.75) is 0 Å². The molecule has 0 atom stereocenters. The SMILES string of the molecule is O=S(=O)(/C=C/c1ccc(Cl)cc1)Nc1ncc(Br)nc1Br. The number of rotatable bonds is 4. The first-order valence-corrected chi connectivity index (χ1v) is 9.01. The average molecular weight is 454 g/mol. The van der Waals surface area contributed by atoms with Gasteiger partial charge in [-0.2, -0.15) is 0 Å². The molecule has 0 amide bonds. The summed E-state index contributed by atoms with van der Waals surface area (Å²) in [7, 11) is -3.69. The van der Waals surface area contributed by atoms with Crippen molar-refractivity contribution >= 4 is 65.4 Å². The van der Waals surface area contributed by atoms with Crippen LogP contribution in [0, 0.1) is 0 Å². The van der Waals surface area contributed by atoms with Crippen molar-refractivity contribution in [2.75, 3.05) is 4.72 Å². The molecule has 0 bridgehead atoms. The molecule has 5 nitrogen and oxygen atoms in total. The monoisotopic (exact) mass is 451 g/mol. The molecule has 9 heteroatoms. The van der Waals surface area contributed by atoms with Crippen LogP contribution in [0.3, 0.4) is 0 Å². The number of nitrogens with zero attached hydrogens (tertiary/aromatic N) is 2. The number of hydrogen-bond acceptors (Lipinski definition) is 4. The molecule has 0 aliphatic rings. The second kappa shape index (κ2) is 6.87. The van der Waals surface area contributed by atoms with E-state index in [-0.39, 0.29) is 5.82 Å². The van der Waals surface area contributed by atoms with Crippen LogP contribution in [0.1, 0.15) is 5.56 Å². The van der Waals surface area contributed by atoms with E-state index in [9.17, 15) is 8.42 Å². The van der Waals surface area contributed by atoms with Crippen LogP contribution in [0.25, 0.3) is 6.08 Å². The van der Waals surface area contributed by atoms with Gasteiger partial charge < -0.3 is 0 Å². The molecule has 0 saturated heterocycles. The summed E-state index contributed by atoms with van der Waals surface area (Å²) in [5.74, 6) is 0.110. The Bertz CT molecular complexity index is 780. The molecule has 21 heavy (non-hydrogen) atoms. The maximum Gasteiger partial charge on any atom is 0.256 e. The van der Waals surface area contributed by atoms with Crippen molar-refractivity contribution < 1.29 is 8.42 Å². The van der Waals surface area contributed by atoms with Crippen LogP contribution in [0.4, 0.5) is 5.82 Å². The standard InChI is InChI=1S/C12H8Br2ClN3O2S/c13-10-7-16-12(11(14)17-10)18-21(19,20)6-5-8-1-3-9(15)4-2-8/h1-7H,(H,16,18)/b6-5+. The molecule has 0 fully saturated rings. The minimum absolute atomic E-state index is 0.110. The van der Waals surface area contributed by atoms with Gasteiger partial charge in [-0.15, -0.1) is 0 Å². The van der Waals surface area contributed by atoms with Gasteiger partial charge in [0.25, 0.3) is 10.0 Å². The molecular formula is C12H8Br2ClN3O2S. The third-order valence-corrected chi connectivity index (χ3v) is 4.41. The van der Waals surface area contributed by atoms with Gasteiger partial charge in [0.15, 0.2) is 10.4 Å². The molecule has 0 unspecified atom stereocenters. The van der Waals surface area contributed by atoms with Gasteiger partial charge in [0, 0.05) is 5.02 Å². The highest BCUT2D eigenvalue weighted by Crippen LogP contribution is 2.21. The summed E-state index contributed by atoms with van der Waals surface area (Å²) in [4.78, 5) is 7.92. The number of anilines is 1. The Morgan fingerprint density at radius 3 is 2.48 bits per heavy atom. The van der Waals surface area contributed by atoms with E-state index in [1.54, 1.807) is 24.3 Å². The Labute approximate surface area is 143 Å². The summed E-state index contributed by atoms with van der Waals surface area (Å²) in [6.45, 7) is 0. The Morgan fingerprint density at radius 1 is 1.19 bits per heavy atom. The van der Waals surface area contributed by atoms with Gasteiger partial charge in [-0.25, -0.2) is 18.4 Å². The molecule has 1 aromatic heterocycles. The molecule has 110 valence electrons. The lowest BCUT2D eigenvalue weighted by Gasteiger charge is -2.05. The predicted molar refractivity (Wildman–Crippen MR) is 90.5 cm³/mol. The summed E-state index contributed by atoms with van der Waals surface area (Å²) < 4.78 is 27.0. The van der Waals surface area contributed by atoms with E-state index in [1.807, 2.05) is 0 Å². The summed E-state index contributed by atoms with van der Waals surface area (Å²) in [5, 5.41) is 1.63. The van der Waals surface area contributed by atoms with E-state index in [0.29, 0.717) is 19.8 Å². The third-order valence-electron chi connectivity index (χ3n) is 2.25. The van der Waals surface area contributed by atoms with Crippen LogP contribution in [-0.2, 0) is 10.0 Å². The lowest BCUT2D eigenvalue weighted by atomic mass is 10.2. The minimum atomic E-state index is -3.69. The Balaban J connectivity index is 2.16. The molecule has 1 heterocycles. The van der Waals surface area contributed by atoms with Crippen molar-refractivity contribution in [3.8, 4) is 0 Å². The lowest BCUT2D eigenvalue weighted by molar-refractivity contribution is 0.609. The summed E-state index contributed by atoms with van der Waals surface area (Å²) >= 11 is 12.0. The van der Waals surface area contributed by atoms with E-state index in [2.05, 4.69) is 46.5 Å². The van der Waals surface area contributed by atoms with Gasteiger partial charge in [-0.1, -0.05) is 23.7 Å². The van der Waals surface area contributed by atoms with Crippen molar-refractivity contribution in [1.29, 1.82) is 0 Å². The molecule has 0 aliphatic heterocycles. The Kier molecular flexibility index (Phi) is 5.37. The van der Waals surface area contributed by atoms with Crippen molar-refractivity contribution in [1.82, 2.24) is 9.97 Å². The Hall–Kier alpha value is -0.960. The molecule has 1 aromatic carbocycles. The molecule has 1 N–H and O–H groups in total. The second-order valence-corrected chi connectivity index (χ2v) is 7.40. The zero-order chi connectivity index (χ0) is 15.5. The Morgan fingerprint density at radius 2 is 1.86 bits per heavy atom. The molecule has 2 rings (SSSR count). The number of sulfonamides is 1. The summed E-state index contributed by atoms with van der Waals surface area (Å²) in [6, 6.07) is 6.78. The van der Waals surface area contributed by atoms with Crippen LogP contribution < -0.4 is 4.72 Å². The van der Waals surface area contributed by atoms with Crippen LogP contribution >= 0.6 is 43.5 Å². The van der Waals surface area contributed by atoms with Gasteiger partial charge >= 0.3 is 0 Å². The van der Waals surface area contributed by atoms with Crippen LogP contribution in [0.15, 0.2) is 45.1 Å². The van der Waals surface area contributed by atoms with E-state index >= 15 is 0 Å². The minimum Gasteiger partial charge on any atom is -0.262 e. The molecular weight excluding hydrogens is 445 g/mol. The number of halogens is 3. The molecule has 0 radical (unpaired) electrons. The van der Waals surface area contributed by atoms with Crippen molar-refractivity contribution in [3.63, 3.8) is 0 Å². The fourth-order valence-corrected chi connectivity index (χ4v) is 3.32. The first-order valence-electron chi connectivity index (χ1n) is 5.50. The van der Waals surface area contributed by atoms with E-state index in [4.69, 9.17) is 11.6 Å². The lowest BCUT2D eigenvalue weighted by Crippen LogP contribution is -2.11. The topological polar surface area (TPSA) is 72.0 Å². The second-order valence-electron chi connectivity index (χ2n) is 3.83. The van der Waals surface area contributed by atoms with Gasteiger partial charge in [-0.05, 0) is 55.6 Å². The average Bonchev–Trinajstić information content (AvgIpc) is 2.41. The molecule has 0 aliphatic carbocycles. The first-order chi connectivity index (χ1) is 9.85. The van der Waals surface area contributed by atoms with Crippen LogP contribution in [0.2, 0.25) is 5.02 Å². The predicted octanol–water partition coefficient (Wildman–Crippen LogP) is 4.07. The number of nitrogens with one attached hydrogen (secondary N) is 1. The van der Waals surface area contributed by atoms with Gasteiger partial charge in [-0.3, -0.25) is 4.72 Å². The largest absolute Gasteiger partial charge is 0.262 e. The first kappa shape index (κ1) is 16.4.